The van der Waals surface area contributed by atoms with Crippen LogP contribution in [0, 0.1) is 0 Å². The second kappa shape index (κ2) is 4.07. The van der Waals surface area contributed by atoms with Crippen LogP contribution in [0.4, 0.5) is 0 Å². The lowest BCUT2D eigenvalue weighted by Gasteiger charge is -2.28. The number of rotatable bonds is 2. The van der Waals surface area contributed by atoms with Crippen molar-refractivity contribution in [3.8, 4) is 0 Å². The Morgan fingerprint density at radius 3 is 2.14 bits per heavy atom. The van der Waals surface area contributed by atoms with Crippen LogP contribution < -0.4 is 0 Å². The van der Waals surface area contributed by atoms with Gasteiger partial charge in [0.1, 0.15) is 0 Å². The molecule has 0 unspecified atom stereocenters. The molecule has 1 aromatic rings. The Bertz CT molecular complexity index is 294. The van der Waals surface area contributed by atoms with Crippen molar-refractivity contribution >= 4 is 23.2 Å². The summed E-state index contributed by atoms with van der Waals surface area (Å²) in [6.45, 7) is 1.04. The second-order valence-corrected chi connectivity index (χ2v) is 4.13. The number of alkyl halides is 2. The Morgan fingerprint density at radius 1 is 1.07 bits per heavy atom. The highest BCUT2D eigenvalue weighted by Crippen LogP contribution is 2.39. The SMILES string of the molecule is ClC(Cl)C1(c2ccccc2)OCCO1. The van der Waals surface area contributed by atoms with E-state index in [1.807, 2.05) is 30.3 Å². The van der Waals surface area contributed by atoms with Crippen molar-refractivity contribution in [3.63, 3.8) is 0 Å². The van der Waals surface area contributed by atoms with Gasteiger partial charge in [0.25, 0.3) is 0 Å². The van der Waals surface area contributed by atoms with Crippen LogP contribution in [0.3, 0.4) is 0 Å². The van der Waals surface area contributed by atoms with Gasteiger partial charge in [-0.1, -0.05) is 53.5 Å². The summed E-state index contributed by atoms with van der Waals surface area (Å²) >= 11 is 11.8. The smallest absolute Gasteiger partial charge is 0.226 e. The quantitative estimate of drug-likeness (QED) is 0.731. The Morgan fingerprint density at radius 2 is 1.64 bits per heavy atom. The van der Waals surface area contributed by atoms with Crippen LogP contribution >= 0.6 is 23.2 Å². The summed E-state index contributed by atoms with van der Waals surface area (Å²) in [6, 6.07) is 9.51. The zero-order valence-corrected chi connectivity index (χ0v) is 8.96. The average molecular weight is 233 g/mol. The van der Waals surface area contributed by atoms with E-state index in [1.165, 1.54) is 0 Å². The van der Waals surface area contributed by atoms with Gasteiger partial charge in [-0.25, -0.2) is 0 Å². The molecule has 0 aliphatic carbocycles. The second-order valence-electron chi connectivity index (χ2n) is 3.03. The van der Waals surface area contributed by atoms with Crippen LogP contribution in [-0.4, -0.2) is 18.1 Å². The molecule has 1 fully saturated rings. The van der Waals surface area contributed by atoms with Crippen LogP contribution in [-0.2, 0) is 15.3 Å². The van der Waals surface area contributed by atoms with Crippen LogP contribution in [0.1, 0.15) is 5.56 Å². The molecular weight excluding hydrogens is 223 g/mol. The molecule has 0 atom stereocenters. The van der Waals surface area contributed by atoms with Gasteiger partial charge in [-0.2, -0.15) is 0 Å². The molecule has 2 nitrogen and oxygen atoms in total. The molecule has 2 rings (SSSR count). The van der Waals surface area contributed by atoms with Crippen molar-refractivity contribution in [2.24, 2.45) is 0 Å². The fourth-order valence-electron chi connectivity index (χ4n) is 1.52. The maximum Gasteiger partial charge on any atom is 0.226 e. The van der Waals surface area contributed by atoms with Crippen LogP contribution in [0.2, 0.25) is 0 Å². The fourth-order valence-corrected chi connectivity index (χ4v) is 2.02. The molecule has 0 radical (unpaired) electrons. The maximum absolute atomic E-state index is 5.89. The van der Waals surface area contributed by atoms with Crippen molar-refractivity contribution in [2.75, 3.05) is 13.2 Å². The monoisotopic (exact) mass is 232 g/mol. The first-order valence-electron chi connectivity index (χ1n) is 4.37. The molecule has 0 bridgehead atoms. The van der Waals surface area contributed by atoms with Crippen molar-refractivity contribution < 1.29 is 9.47 Å². The van der Waals surface area contributed by atoms with Crippen LogP contribution in [0.15, 0.2) is 30.3 Å². The van der Waals surface area contributed by atoms with Gasteiger partial charge in [-0.3, -0.25) is 0 Å². The molecule has 1 saturated heterocycles. The number of hydrogen-bond donors (Lipinski definition) is 0. The van der Waals surface area contributed by atoms with E-state index in [4.69, 9.17) is 32.7 Å². The molecule has 76 valence electrons. The van der Waals surface area contributed by atoms with E-state index < -0.39 is 10.6 Å². The van der Waals surface area contributed by atoms with Gasteiger partial charge in [-0.15, -0.1) is 0 Å². The Labute approximate surface area is 92.7 Å². The van der Waals surface area contributed by atoms with Gasteiger partial charge in [0.05, 0.1) is 13.2 Å². The highest BCUT2D eigenvalue weighted by atomic mass is 35.5. The van der Waals surface area contributed by atoms with Crippen molar-refractivity contribution in [1.82, 2.24) is 0 Å². The van der Waals surface area contributed by atoms with E-state index in [9.17, 15) is 0 Å². The number of hydrogen-bond acceptors (Lipinski definition) is 2. The molecule has 4 heteroatoms. The lowest BCUT2D eigenvalue weighted by atomic mass is 10.1. The van der Waals surface area contributed by atoms with Gasteiger partial charge >= 0.3 is 0 Å². The Balaban J connectivity index is 2.36. The molecule has 1 heterocycles. The summed E-state index contributed by atoms with van der Waals surface area (Å²) in [4.78, 5) is -0.729. The molecule has 0 spiro atoms. The van der Waals surface area contributed by atoms with Crippen molar-refractivity contribution in [3.05, 3.63) is 35.9 Å². The summed E-state index contributed by atoms with van der Waals surface area (Å²) in [5, 5.41) is 0. The summed E-state index contributed by atoms with van der Waals surface area (Å²) in [5.41, 5.74) is 0.854. The zero-order chi connectivity index (χ0) is 10.0. The number of ether oxygens (including phenoxy) is 2. The third-order valence-electron chi connectivity index (χ3n) is 2.18. The topological polar surface area (TPSA) is 18.5 Å². The van der Waals surface area contributed by atoms with Gasteiger partial charge in [0.2, 0.25) is 5.79 Å². The summed E-state index contributed by atoms with van der Waals surface area (Å²) in [5.74, 6) is -0.982. The van der Waals surface area contributed by atoms with E-state index >= 15 is 0 Å². The highest BCUT2D eigenvalue weighted by molar-refractivity contribution is 6.45. The fraction of sp³-hybridized carbons (Fsp3) is 0.400. The lowest BCUT2D eigenvalue weighted by molar-refractivity contribution is -0.154. The minimum Gasteiger partial charge on any atom is -0.341 e. The van der Waals surface area contributed by atoms with Crippen molar-refractivity contribution in [1.29, 1.82) is 0 Å². The van der Waals surface area contributed by atoms with Crippen LogP contribution in [0.25, 0.3) is 0 Å². The molecule has 1 aliphatic rings. The number of halogens is 2. The van der Waals surface area contributed by atoms with Gasteiger partial charge in [0.15, 0.2) is 4.84 Å². The van der Waals surface area contributed by atoms with E-state index in [0.29, 0.717) is 13.2 Å². The first-order chi connectivity index (χ1) is 6.76. The normalized spacial score (nSPS) is 20.2. The van der Waals surface area contributed by atoms with Gasteiger partial charge in [0, 0.05) is 5.56 Å². The zero-order valence-electron chi connectivity index (χ0n) is 7.45. The molecule has 0 aromatic heterocycles. The molecule has 14 heavy (non-hydrogen) atoms. The minimum atomic E-state index is -0.982. The number of benzene rings is 1. The molecule has 0 saturated carbocycles. The first kappa shape index (κ1) is 10.2. The summed E-state index contributed by atoms with van der Waals surface area (Å²) < 4.78 is 11.0. The van der Waals surface area contributed by atoms with E-state index in [-0.39, 0.29) is 0 Å². The van der Waals surface area contributed by atoms with E-state index in [0.717, 1.165) is 5.56 Å². The van der Waals surface area contributed by atoms with Crippen molar-refractivity contribution in [2.45, 2.75) is 10.6 Å². The van der Waals surface area contributed by atoms with E-state index in [1.54, 1.807) is 0 Å². The van der Waals surface area contributed by atoms with Gasteiger partial charge in [-0.05, 0) is 0 Å². The minimum absolute atomic E-state index is 0.519. The summed E-state index contributed by atoms with van der Waals surface area (Å²) in [6.07, 6.45) is 0. The molecule has 0 N–H and O–H groups in total. The third kappa shape index (κ3) is 1.63. The summed E-state index contributed by atoms with van der Waals surface area (Å²) in [7, 11) is 0. The molecule has 0 amide bonds. The van der Waals surface area contributed by atoms with Crippen LogP contribution in [0.5, 0.6) is 0 Å². The van der Waals surface area contributed by atoms with E-state index in [2.05, 4.69) is 0 Å². The predicted molar refractivity (Wildman–Crippen MR) is 55.5 cm³/mol. The first-order valence-corrected chi connectivity index (χ1v) is 5.24. The highest BCUT2D eigenvalue weighted by Gasteiger charge is 2.44. The standard InChI is InChI=1S/C10H10Cl2O2/c11-9(12)10(13-6-7-14-10)8-4-2-1-3-5-8/h1-5,9H,6-7H2. The van der Waals surface area contributed by atoms with Gasteiger partial charge < -0.3 is 9.47 Å². The predicted octanol–water partition coefficient (Wildman–Crippen LogP) is 2.69. The maximum atomic E-state index is 5.89. The molecule has 1 aliphatic heterocycles. The third-order valence-corrected chi connectivity index (χ3v) is 2.75. The Hall–Kier alpha value is -0.280. The average Bonchev–Trinajstić information content (AvgIpc) is 2.69. The molecule has 1 aromatic carbocycles. The molecular formula is C10H10Cl2O2. The Kier molecular flexibility index (Phi) is 2.98. The lowest BCUT2D eigenvalue weighted by Crippen LogP contribution is -2.34. The largest absolute Gasteiger partial charge is 0.341 e.